The number of rotatable bonds is 4. The molecule has 0 N–H and O–H groups in total. The second-order valence-corrected chi connectivity index (χ2v) is 8.42. The zero-order valence-corrected chi connectivity index (χ0v) is 20.5. The Morgan fingerprint density at radius 3 is 2.53 bits per heavy atom. The first-order chi connectivity index (χ1) is 16.4. The molecule has 2 aromatic carbocycles. The molecule has 2 aromatic rings. The van der Waals surface area contributed by atoms with Crippen LogP contribution in [-0.4, -0.2) is 43.3 Å². The molecule has 2 aliphatic heterocycles. The third-order valence-corrected chi connectivity index (χ3v) is 6.18. The van der Waals surface area contributed by atoms with Gasteiger partial charge in [0.05, 0.1) is 13.2 Å². The lowest BCUT2D eigenvalue weighted by Gasteiger charge is -2.44. The van der Waals surface area contributed by atoms with Gasteiger partial charge in [-0.15, -0.1) is 0 Å². The number of hydrogen-bond donors (Lipinski definition) is 0. The van der Waals surface area contributed by atoms with Crippen LogP contribution in [0.3, 0.4) is 0 Å². The number of allylic oxidation sites excluding steroid dienone is 2. The van der Waals surface area contributed by atoms with Crippen molar-refractivity contribution in [3.05, 3.63) is 76.5 Å². The number of aryl methyl sites for hydroxylation is 1. The van der Waals surface area contributed by atoms with Crippen molar-refractivity contribution in [3.63, 3.8) is 0 Å². The molecule has 1 fully saturated rings. The Labute approximate surface area is 200 Å². The summed E-state index contributed by atoms with van der Waals surface area (Å²) in [7, 11) is 1.64. The number of hydrogen-bond acceptors (Lipinski definition) is 5. The predicted molar refractivity (Wildman–Crippen MR) is 133 cm³/mol. The van der Waals surface area contributed by atoms with Crippen LogP contribution < -0.4 is 4.74 Å². The molecule has 0 bridgehead atoms. The molecule has 7 heteroatoms. The molecule has 2 atom stereocenters. The number of fused-ring (bicyclic) bond motifs is 1. The smallest absolute Gasteiger partial charge is 0.175 e. The molecule has 0 amide bonds. The fourth-order valence-corrected chi connectivity index (χ4v) is 4.39. The first-order valence-electron chi connectivity index (χ1n) is 11.6. The average Bonchev–Trinajstić information content (AvgIpc) is 2.83. The maximum atomic E-state index is 13.7. The molecule has 4 rings (SSSR count). The SMILES string of the molecule is CC=N/C(C)=C\C.COc1cc(C2=NOCC3C(c4cc(F)cc(F)c4)CCCN23)ccc1C. The molecular formula is C27H33F2N3O2. The molecule has 2 heterocycles. The molecule has 2 aliphatic rings. The lowest BCUT2D eigenvalue weighted by atomic mass is 9.83. The van der Waals surface area contributed by atoms with Crippen LogP contribution in [0.4, 0.5) is 8.78 Å². The molecule has 34 heavy (non-hydrogen) atoms. The summed E-state index contributed by atoms with van der Waals surface area (Å²) in [5.74, 6) is 0.429. The van der Waals surface area contributed by atoms with E-state index in [2.05, 4.69) is 15.0 Å². The summed E-state index contributed by atoms with van der Waals surface area (Å²) in [6, 6.07) is 9.69. The van der Waals surface area contributed by atoms with Gasteiger partial charge in [0.15, 0.2) is 5.84 Å². The quantitative estimate of drug-likeness (QED) is 0.499. The number of nitrogens with zero attached hydrogens (tertiary/aromatic N) is 3. The minimum atomic E-state index is -0.545. The van der Waals surface area contributed by atoms with Gasteiger partial charge in [-0.25, -0.2) is 8.78 Å². The summed E-state index contributed by atoms with van der Waals surface area (Å²) < 4.78 is 32.9. The summed E-state index contributed by atoms with van der Waals surface area (Å²) in [5.41, 5.74) is 3.70. The van der Waals surface area contributed by atoms with Crippen LogP contribution in [0, 0.1) is 18.6 Å². The normalized spacial score (nSPS) is 20.1. The molecular weight excluding hydrogens is 436 g/mol. The molecule has 0 saturated carbocycles. The number of amidine groups is 1. The molecule has 182 valence electrons. The number of piperidine rings is 1. The van der Waals surface area contributed by atoms with Crippen molar-refractivity contribution in [3.8, 4) is 5.75 Å². The molecule has 0 spiro atoms. The minimum absolute atomic E-state index is 0.0122. The van der Waals surface area contributed by atoms with E-state index in [-0.39, 0.29) is 12.0 Å². The molecule has 0 aromatic heterocycles. The topological polar surface area (TPSA) is 46.4 Å². The second-order valence-electron chi connectivity index (χ2n) is 8.42. The Morgan fingerprint density at radius 2 is 1.91 bits per heavy atom. The number of methoxy groups -OCH3 is 1. The summed E-state index contributed by atoms with van der Waals surface area (Å²) in [6.45, 7) is 9.07. The van der Waals surface area contributed by atoms with Gasteiger partial charge in [0.1, 0.15) is 24.0 Å². The third kappa shape index (κ3) is 6.01. The number of oxime groups is 1. The molecule has 1 saturated heterocycles. The van der Waals surface area contributed by atoms with Crippen molar-refractivity contribution in [1.82, 2.24) is 4.90 Å². The second kappa shape index (κ2) is 11.8. The van der Waals surface area contributed by atoms with E-state index < -0.39 is 11.6 Å². The van der Waals surface area contributed by atoms with Gasteiger partial charge < -0.3 is 14.5 Å². The van der Waals surface area contributed by atoms with E-state index in [1.807, 2.05) is 52.0 Å². The van der Waals surface area contributed by atoms with Crippen LogP contribution in [0.15, 0.2) is 58.3 Å². The fourth-order valence-electron chi connectivity index (χ4n) is 4.39. The Balaban J connectivity index is 0.000000406. The van der Waals surface area contributed by atoms with Crippen LogP contribution in [-0.2, 0) is 4.84 Å². The van der Waals surface area contributed by atoms with Gasteiger partial charge in [0.25, 0.3) is 0 Å². The van der Waals surface area contributed by atoms with E-state index in [1.165, 1.54) is 12.1 Å². The first-order valence-corrected chi connectivity index (χ1v) is 11.6. The number of aliphatic imine (C=N–C) groups is 1. The van der Waals surface area contributed by atoms with E-state index in [0.29, 0.717) is 12.2 Å². The summed E-state index contributed by atoms with van der Waals surface area (Å²) in [4.78, 5) is 11.7. The lowest BCUT2D eigenvalue weighted by molar-refractivity contribution is 0.0353. The van der Waals surface area contributed by atoms with Gasteiger partial charge >= 0.3 is 0 Å². The zero-order chi connectivity index (χ0) is 24.7. The van der Waals surface area contributed by atoms with E-state index in [1.54, 1.807) is 13.3 Å². The molecule has 0 aliphatic carbocycles. The van der Waals surface area contributed by atoms with E-state index in [4.69, 9.17) is 9.57 Å². The van der Waals surface area contributed by atoms with Crippen LogP contribution in [0.2, 0.25) is 0 Å². The standard InChI is InChI=1S/C21H22F2N2O2.C6H11N/c1-13-5-6-14(10-20(13)26-2)21-24-27-12-19-18(4-3-7-25(19)21)15-8-16(22)11-17(23)9-15;1-4-6(3)7-5-2/h5-6,8-11,18-19H,3-4,7,12H2,1-2H3;4-5H,1-3H3/b;6-4-,7-5?. The third-order valence-electron chi connectivity index (χ3n) is 6.18. The van der Waals surface area contributed by atoms with Crippen molar-refractivity contribution in [2.24, 2.45) is 10.1 Å². The van der Waals surface area contributed by atoms with Gasteiger partial charge in [0.2, 0.25) is 0 Å². The Kier molecular flexibility index (Phi) is 8.79. The van der Waals surface area contributed by atoms with Crippen LogP contribution in [0.25, 0.3) is 0 Å². The van der Waals surface area contributed by atoms with E-state index >= 15 is 0 Å². The molecule has 0 radical (unpaired) electrons. The van der Waals surface area contributed by atoms with Gasteiger partial charge in [-0.1, -0.05) is 23.4 Å². The zero-order valence-electron chi connectivity index (χ0n) is 20.5. The lowest BCUT2D eigenvalue weighted by Crippen LogP contribution is -2.52. The van der Waals surface area contributed by atoms with Gasteiger partial charge in [-0.05, 0) is 69.9 Å². The van der Waals surface area contributed by atoms with Crippen molar-refractivity contribution in [2.45, 2.75) is 52.5 Å². The van der Waals surface area contributed by atoms with Crippen LogP contribution in [0.5, 0.6) is 5.75 Å². The maximum absolute atomic E-state index is 13.7. The summed E-state index contributed by atoms with van der Waals surface area (Å²) >= 11 is 0. The minimum Gasteiger partial charge on any atom is -0.496 e. The van der Waals surface area contributed by atoms with E-state index in [9.17, 15) is 8.78 Å². The largest absolute Gasteiger partial charge is 0.496 e. The molecule has 2 unspecified atom stereocenters. The van der Waals surface area contributed by atoms with Crippen LogP contribution >= 0.6 is 0 Å². The van der Waals surface area contributed by atoms with Crippen molar-refractivity contribution < 1.29 is 18.4 Å². The Hall–Kier alpha value is -3.22. The number of ether oxygens (including phenoxy) is 1. The predicted octanol–water partition coefficient (Wildman–Crippen LogP) is 6.22. The first kappa shape index (κ1) is 25.4. The summed E-state index contributed by atoms with van der Waals surface area (Å²) in [5, 5.41) is 4.29. The van der Waals surface area contributed by atoms with Crippen molar-refractivity contribution in [1.29, 1.82) is 0 Å². The number of benzene rings is 2. The summed E-state index contributed by atoms with van der Waals surface area (Å²) in [6.07, 6.45) is 5.54. The maximum Gasteiger partial charge on any atom is 0.175 e. The fraction of sp³-hybridized carbons (Fsp3) is 0.407. The van der Waals surface area contributed by atoms with Crippen molar-refractivity contribution >= 4 is 12.1 Å². The average molecular weight is 470 g/mol. The highest BCUT2D eigenvalue weighted by Crippen LogP contribution is 2.36. The highest BCUT2D eigenvalue weighted by molar-refractivity contribution is 5.99. The van der Waals surface area contributed by atoms with Gasteiger partial charge in [0, 0.05) is 36.0 Å². The van der Waals surface area contributed by atoms with Gasteiger partial charge in [-0.3, -0.25) is 4.99 Å². The molecule has 5 nitrogen and oxygen atoms in total. The number of halogens is 2. The van der Waals surface area contributed by atoms with Crippen molar-refractivity contribution in [2.75, 3.05) is 20.3 Å². The highest BCUT2D eigenvalue weighted by Gasteiger charge is 2.38. The Bertz CT molecular complexity index is 1060. The van der Waals surface area contributed by atoms with E-state index in [0.717, 1.165) is 53.9 Å². The highest BCUT2D eigenvalue weighted by atomic mass is 19.1. The monoisotopic (exact) mass is 469 g/mol. The van der Waals surface area contributed by atoms with Gasteiger partial charge in [-0.2, -0.15) is 0 Å². The van der Waals surface area contributed by atoms with Crippen LogP contribution in [0.1, 0.15) is 56.2 Å². The Morgan fingerprint density at radius 1 is 1.18 bits per heavy atom.